The average Bonchev–Trinajstić information content (AvgIpc) is 3.27. The molecule has 3 nitrogen and oxygen atoms in total. The quantitative estimate of drug-likeness (QED) is 0.778. The number of rotatable bonds is 7. The van der Waals surface area contributed by atoms with Crippen molar-refractivity contribution in [1.29, 1.82) is 0 Å². The summed E-state index contributed by atoms with van der Waals surface area (Å²) >= 11 is 1.61. The van der Waals surface area contributed by atoms with Crippen molar-refractivity contribution < 1.29 is 4.79 Å². The third-order valence-corrected chi connectivity index (χ3v) is 4.35. The van der Waals surface area contributed by atoms with Crippen molar-refractivity contribution >= 4 is 17.7 Å². The van der Waals surface area contributed by atoms with Gasteiger partial charge in [-0.3, -0.25) is 4.79 Å². The highest BCUT2D eigenvalue weighted by Gasteiger charge is 2.19. The third-order valence-electron chi connectivity index (χ3n) is 3.36. The van der Waals surface area contributed by atoms with E-state index in [1.165, 1.54) is 18.4 Å². The second-order valence-electron chi connectivity index (χ2n) is 5.00. The van der Waals surface area contributed by atoms with E-state index in [2.05, 4.69) is 29.6 Å². The minimum Gasteiger partial charge on any atom is -0.345 e. The fraction of sp³-hybridized carbons (Fsp3) is 0.533. The average molecular weight is 278 g/mol. The van der Waals surface area contributed by atoms with Crippen LogP contribution in [0.4, 0.5) is 0 Å². The van der Waals surface area contributed by atoms with Crippen molar-refractivity contribution in [1.82, 2.24) is 10.2 Å². The Morgan fingerprint density at radius 1 is 1.37 bits per heavy atom. The zero-order chi connectivity index (χ0) is 13.7. The minimum atomic E-state index is 0.187. The van der Waals surface area contributed by atoms with Gasteiger partial charge in [0.05, 0.1) is 5.75 Å². The lowest BCUT2D eigenvalue weighted by Crippen LogP contribution is -2.27. The molecule has 0 aromatic heterocycles. The number of hydrogen-bond donors (Lipinski definition) is 1. The van der Waals surface area contributed by atoms with Crippen LogP contribution in [0.2, 0.25) is 0 Å². The number of carbonyl (C=O) groups excluding carboxylic acids is 1. The third kappa shape index (κ3) is 4.88. The molecule has 1 saturated carbocycles. The van der Waals surface area contributed by atoms with Crippen molar-refractivity contribution in [3.05, 3.63) is 29.8 Å². The van der Waals surface area contributed by atoms with E-state index in [9.17, 15) is 4.79 Å². The van der Waals surface area contributed by atoms with Gasteiger partial charge in [0, 0.05) is 31.1 Å². The van der Waals surface area contributed by atoms with Gasteiger partial charge >= 0.3 is 0 Å². The van der Waals surface area contributed by atoms with Crippen LogP contribution in [0.25, 0.3) is 0 Å². The summed E-state index contributed by atoms with van der Waals surface area (Å²) in [5.41, 5.74) is 1.31. The first-order valence-corrected chi connectivity index (χ1v) is 7.86. The Morgan fingerprint density at radius 3 is 2.63 bits per heavy atom. The molecule has 1 aliphatic carbocycles. The number of thioether (sulfide) groups is 1. The molecule has 4 heteroatoms. The molecule has 1 fully saturated rings. The molecule has 0 heterocycles. The molecule has 19 heavy (non-hydrogen) atoms. The number of nitrogens with one attached hydrogen (secondary N) is 1. The molecule has 1 aromatic carbocycles. The van der Waals surface area contributed by atoms with Crippen LogP contribution in [0.5, 0.6) is 0 Å². The number of carbonyl (C=O) groups is 1. The molecule has 0 unspecified atom stereocenters. The van der Waals surface area contributed by atoms with Gasteiger partial charge in [0.15, 0.2) is 0 Å². The maximum absolute atomic E-state index is 11.7. The van der Waals surface area contributed by atoms with E-state index in [0.29, 0.717) is 5.75 Å². The summed E-state index contributed by atoms with van der Waals surface area (Å²) in [6.07, 6.45) is 2.64. The van der Waals surface area contributed by atoms with E-state index in [1.807, 2.05) is 14.0 Å². The lowest BCUT2D eigenvalue weighted by molar-refractivity contribution is -0.126. The molecule has 1 N–H and O–H groups in total. The van der Waals surface area contributed by atoms with E-state index in [4.69, 9.17) is 0 Å². The zero-order valence-electron chi connectivity index (χ0n) is 11.7. The second kappa shape index (κ2) is 6.96. The lowest BCUT2D eigenvalue weighted by Gasteiger charge is -2.13. The lowest BCUT2D eigenvalue weighted by atomic mass is 10.2. The van der Waals surface area contributed by atoms with E-state index in [1.54, 1.807) is 16.7 Å². The van der Waals surface area contributed by atoms with E-state index in [0.717, 1.165) is 24.0 Å². The molecule has 1 aromatic rings. The molecule has 2 rings (SSSR count). The topological polar surface area (TPSA) is 32.3 Å². The van der Waals surface area contributed by atoms with Crippen LogP contribution in [0.3, 0.4) is 0 Å². The second-order valence-corrected chi connectivity index (χ2v) is 6.04. The Hall–Kier alpha value is -1.00. The zero-order valence-corrected chi connectivity index (χ0v) is 12.5. The Morgan fingerprint density at radius 2 is 2.05 bits per heavy atom. The highest BCUT2D eigenvalue weighted by Crippen LogP contribution is 2.21. The summed E-state index contributed by atoms with van der Waals surface area (Å²) < 4.78 is 0. The Kier molecular flexibility index (Phi) is 5.28. The fourth-order valence-electron chi connectivity index (χ4n) is 1.68. The monoisotopic (exact) mass is 278 g/mol. The van der Waals surface area contributed by atoms with Crippen LogP contribution < -0.4 is 5.32 Å². The predicted molar refractivity (Wildman–Crippen MR) is 80.3 cm³/mol. The molecule has 1 aliphatic rings. The summed E-state index contributed by atoms with van der Waals surface area (Å²) in [4.78, 5) is 14.6. The summed E-state index contributed by atoms with van der Waals surface area (Å²) in [5.74, 6) is 0.705. The molecule has 0 bridgehead atoms. The van der Waals surface area contributed by atoms with E-state index >= 15 is 0 Å². The van der Waals surface area contributed by atoms with Crippen molar-refractivity contribution in [3.8, 4) is 0 Å². The van der Waals surface area contributed by atoms with Crippen LogP contribution in [0.1, 0.15) is 25.3 Å². The van der Waals surface area contributed by atoms with Crippen molar-refractivity contribution in [2.45, 2.75) is 37.2 Å². The maximum atomic E-state index is 11.7. The van der Waals surface area contributed by atoms with Crippen LogP contribution in [-0.4, -0.2) is 36.2 Å². The summed E-state index contributed by atoms with van der Waals surface area (Å²) in [6, 6.07) is 9.25. The van der Waals surface area contributed by atoms with Gasteiger partial charge in [0.2, 0.25) is 5.91 Å². The highest BCUT2D eigenvalue weighted by atomic mass is 32.2. The maximum Gasteiger partial charge on any atom is 0.232 e. The smallest absolute Gasteiger partial charge is 0.232 e. The number of benzene rings is 1. The van der Waals surface area contributed by atoms with Gasteiger partial charge in [-0.1, -0.05) is 12.1 Å². The summed E-state index contributed by atoms with van der Waals surface area (Å²) in [7, 11) is 1.84. The summed E-state index contributed by atoms with van der Waals surface area (Å²) in [6.45, 7) is 3.71. The Bertz CT molecular complexity index is 415. The standard InChI is InChI=1S/C15H22N2OS/c1-3-17(2)15(18)11-19-14-8-4-12(5-9-14)10-16-13-6-7-13/h4-5,8-9,13,16H,3,6-7,10-11H2,1-2H3. The van der Waals surface area contributed by atoms with Crippen LogP contribution >= 0.6 is 11.8 Å². The number of hydrogen-bond acceptors (Lipinski definition) is 3. The molecular weight excluding hydrogens is 256 g/mol. The van der Waals surface area contributed by atoms with Crippen molar-refractivity contribution in [2.75, 3.05) is 19.3 Å². The molecule has 0 saturated heterocycles. The molecular formula is C15H22N2OS. The van der Waals surface area contributed by atoms with Gasteiger partial charge in [0.25, 0.3) is 0 Å². The van der Waals surface area contributed by atoms with E-state index in [-0.39, 0.29) is 5.91 Å². The first kappa shape index (κ1) is 14.4. The number of amides is 1. The Labute approximate surface area is 119 Å². The largest absolute Gasteiger partial charge is 0.345 e. The van der Waals surface area contributed by atoms with Gasteiger partial charge in [0.1, 0.15) is 0 Å². The first-order chi connectivity index (χ1) is 9.19. The van der Waals surface area contributed by atoms with Crippen LogP contribution in [0, 0.1) is 0 Å². The molecule has 1 amide bonds. The summed E-state index contributed by atoms with van der Waals surface area (Å²) in [5, 5.41) is 3.50. The highest BCUT2D eigenvalue weighted by molar-refractivity contribution is 8.00. The fourth-order valence-corrected chi connectivity index (χ4v) is 2.52. The Balaban J connectivity index is 1.75. The van der Waals surface area contributed by atoms with Crippen LogP contribution in [-0.2, 0) is 11.3 Å². The van der Waals surface area contributed by atoms with Gasteiger partial charge in [-0.25, -0.2) is 0 Å². The molecule has 0 aliphatic heterocycles. The molecule has 0 radical (unpaired) electrons. The van der Waals surface area contributed by atoms with Crippen LogP contribution in [0.15, 0.2) is 29.2 Å². The molecule has 0 spiro atoms. The minimum absolute atomic E-state index is 0.187. The first-order valence-electron chi connectivity index (χ1n) is 6.88. The van der Waals surface area contributed by atoms with Crippen molar-refractivity contribution in [3.63, 3.8) is 0 Å². The predicted octanol–water partition coefficient (Wildman–Crippen LogP) is 2.51. The number of nitrogens with zero attached hydrogens (tertiary/aromatic N) is 1. The molecule has 0 atom stereocenters. The SMILES string of the molecule is CCN(C)C(=O)CSc1ccc(CNC2CC2)cc1. The van der Waals surface area contributed by atoms with Gasteiger partial charge in [-0.05, 0) is 37.5 Å². The molecule has 104 valence electrons. The van der Waals surface area contributed by atoms with Gasteiger partial charge in [-0.15, -0.1) is 11.8 Å². The van der Waals surface area contributed by atoms with E-state index < -0.39 is 0 Å². The normalized spacial score (nSPS) is 14.4. The van der Waals surface area contributed by atoms with Gasteiger partial charge in [-0.2, -0.15) is 0 Å². The van der Waals surface area contributed by atoms with Crippen molar-refractivity contribution in [2.24, 2.45) is 0 Å². The van der Waals surface area contributed by atoms with Gasteiger partial charge < -0.3 is 10.2 Å².